The van der Waals surface area contributed by atoms with Gasteiger partial charge >= 0.3 is 0 Å². The Kier molecular flexibility index (Phi) is 8.88. The molecule has 0 saturated carbocycles. The van der Waals surface area contributed by atoms with E-state index >= 15 is 0 Å². The van der Waals surface area contributed by atoms with Crippen LogP contribution in [0, 0.1) is 0 Å². The molecule has 0 radical (unpaired) electrons. The minimum absolute atomic E-state index is 0.0187. The number of hydrogen-bond donors (Lipinski definition) is 1. The van der Waals surface area contributed by atoms with E-state index in [0.29, 0.717) is 40.9 Å². The summed E-state index contributed by atoms with van der Waals surface area (Å²) in [6.45, 7) is 2.31. The third-order valence-corrected chi connectivity index (χ3v) is 5.51. The predicted molar refractivity (Wildman–Crippen MR) is 141 cm³/mol. The van der Waals surface area contributed by atoms with Crippen LogP contribution in [0.5, 0.6) is 28.7 Å². The lowest BCUT2D eigenvalue weighted by Gasteiger charge is -2.13. The van der Waals surface area contributed by atoms with E-state index < -0.39 is 12.0 Å². The summed E-state index contributed by atoms with van der Waals surface area (Å²) in [5, 5.41) is 7.61. The Bertz CT molecular complexity index is 1400. The predicted octanol–water partition coefficient (Wildman–Crippen LogP) is 4.43. The van der Waals surface area contributed by atoms with Gasteiger partial charge in [0.1, 0.15) is 17.3 Å². The first-order chi connectivity index (χ1) is 18.4. The van der Waals surface area contributed by atoms with Crippen LogP contribution in [0.15, 0.2) is 48.9 Å². The van der Waals surface area contributed by atoms with Gasteiger partial charge in [-0.05, 0) is 31.2 Å². The van der Waals surface area contributed by atoms with Gasteiger partial charge in [0.25, 0.3) is 5.91 Å². The van der Waals surface area contributed by atoms with Crippen molar-refractivity contribution >= 4 is 31.9 Å². The quantitative estimate of drug-likeness (QED) is 0.259. The van der Waals surface area contributed by atoms with E-state index in [9.17, 15) is 9.18 Å². The van der Waals surface area contributed by atoms with E-state index in [1.165, 1.54) is 17.1 Å². The van der Waals surface area contributed by atoms with Gasteiger partial charge in [0.2, 0.25) is 6.10 Å². The molecule has 4 aromatic rings. The van der Waals surface area contributed by atoms with Crippen molar-refractivity contribution in [2.45, 2.75) is 19.6 Å². The molecule has 0 aliphatic rings. The molecule has 3 heterocycles. The third kappa shape index (κ3) is 6.27. The zero-order valence-corrected chi connectivity index (χ0v) is 22.2. The molecule has 1 amide bonds. The first-order valence-electron chi connectivity index (χ1n) is 11.6. The van der Waals surface area contributed by atoms with Crippen LogP contribution < -0.4 is 24.3 Å². The van der Waals surface area contributed by atoms with Crippen LogP contribution in [-0.2, 0) is 11.3 Å². The summed E-state index contributed by atoms with van der Waals surface area (Å²) in [5.74, 6) is 2.19. The number of anilines is 1. The molecule has 0 aliphatic carbocycles. The summed E-state index contributed by atoms with van der Waals surface area (Å²) < 4.78 is 41.6. The standard InChI is InChI=1S/C25H27FN5O6P/c1-4-35-21-14-29-31(9-10-36-25(26)38)23(21)24(32)30-22-6-5-15(13-28-22)37-18-7-8-27-17-12-20(34-3)19(33-2)11-16(17)18/h5-8,11-14,25H,4,9-10,38H2,1-3H3,(H,28,30,32). The minimum Gasteiger partial charge on any atom is -0.493 e. The maximum Gasteiger partial charge on any atom is 0.278 e. The summed E-state index contributed by atoms with van der Waals surface area (Å²) in [4.78, 5) is 21.7. The largest absolute Gasteiger partial charge is 0.493 e. The molecule has 0 aliphatic heterocycles. The smallest absolute Gasteiger partial charge is 0.278 e. The zero-order chi connectivity index (χ0) is 27.1. The van der Waals surface area contributed by atoms with Crippen molar-refractivity contribution in [1.29, 1.82) is 0 Å². The normalized spacial score (nSPS) is 11.7. The van der Waals surface area contributed by atoms with Crippen LogP contribution >= 0.6 is 9.24 Å². The Labute approximate surface area is 220 Å². The van der Waals surface area contributed by atoms with Gasteiger partial charge in [-0.15, -0.1) is 0 Å². The molecule has 200 valence electrons. The highest BCUT2D eigenvalue weighted by molar-refractivity contribution is 7.16. The Morgan fingerprint density at radius 1 is 1.08 bits per heavy atom. The lowest BCUT2D eigenvalue weighted by Crippen LogP contribution is -2.21. The molecule has 0 saturated heterocycles. The highest BCUT2D eigenvalue weighted by Gasteiger charge is 2.21. The number of ether oxygens (including phenoxy) is 5. The highest BCUT2D eigenvalue weighted by atomic mass is 31.0. The van der Waals surface area contributed by atoms with Gasteiger partial charge in [-0.2, -0.15) is 5.10 Å². The van der Waals surface area contributed by atoms with Crippen molar-refractivity contribution in [2.75, 3.05) is 32.8 Å². The summed E-state index contributed by atoms with van der Waals surface area (Å²) >= 11 is 0. The summed E-state index contributed by atoms with van der Waals surface area (Å²) in [6.07, 6.45) is 3.04. The number of hydrogen-bond acceptors (Lipinski definition) is 9. The Morgan fingerprint density at radius 2 is 1.87 bits per heavy atom. The number of carbonyl (C=O) groups is 1. The van der Waals surface area contributed by atoms with Crippen LogP contribution in [-0.4, -0.2) is 59.2 Å². The Hall–Kier alpha value is -4.02. The zero-order valence-electron chi connectivity index (χ0n) is 21.0. The van der Waals surface area contributed by atoms with Gasteiger partial charge in [0, 0.05) is 17.6 Å². The summed E-state index contributed by atoms with van der Waals surface area (Å²) in [6, 6.07) is 8.56. The number of fused-ring (bicyclic) bond motifs is 1. The number of aromatic nitrogens is 4. The van der Waals surface area contributed by atoms with Gasteiger partial charge in [0.05, 0.1) is 51.9 Å². The first kappa shape index (κ1) is 27.0. The minimum atomic E-state index is -1.51. The molecule has 0 fully saturated rings. The van der Waals surface area contributed by atoms with Crippen molar-refractivity contribution in [3.63, 3.8) is 0 Å². The van der Waals surface area contributed by atoms with Crippen LogP contribution in [0.2, 0.25) is 0 Å². The second-order valence-corrected chi connectivity index (χ2v) is 8.23. The number of carbonyl (C=O) groups excluding carboxylic acids is 1. The van der Waals surface area contributed by atoms with E-state index in [0.717, 1.165) is 5.39 Å². The van der Waals surface area contributed by atoms with Crippen molar-refractivity contribution in [3.05, 3.63) is 54.6 Å². The number of nitrogens with zero attached hydrogens (tertiary/aromatic N) is 4. The van der Waals surface area contributed by atoms with Crippen LogP contribution in [0.1, 0.15) is 17.4 Å². The second-order valence-electron chi connectivity index (χ2n) is 7.70. The number of benzene rings is 1. The van der Waals surface area contributed by atoms with Gasteiger partial charge in [-0.25, -0.2) is 9.37 Å². The monoisotopic (exact) mass is 543 g/mol. The second kappa shape index (κ2) is 12.5. The lowest BCUT2D eigenvalue weighted by atomic mass is 10.2. The highest BCUT2D eigenvalue weighted by Crippen LogP contribution is 2.36. The number of alkyl halides is 1. The fraction of sp³-hybridized carbons (Fsp3) is 0.280. The molecule has 2 unspecified atom stereocenters. The average Bonchev–Trinajstić information content (AvgIpc) is 3.31. The van der Waals surface area contributed by atoms with Crippen molar-refractivity contribution in [1.82, 2.24) is 19.7 Å². The number of nitrogens with one attached hydrogen (secondary N) is 1. The van der Waals surface area contributed by atoms with Gasteiger partial charge in [-0.1, -0.05) is 9.24 Å². The maximum atomic E-state index is 13.1. The molecule has 0 bridgehead atoms. The van der Waals surface area contributed by atoms with Crippen LogP contribution in [0.25, 0.3) is 10.9 Å². The fourth-order valence-corrected chi connectivity index (χ4v) is 3.77. The van der Waals surface area contributed by atoms with E-state index in [2.05, 4.69) is 20.4 Å². The Morgan fingerprint density at radius 3 is 2.55 bits per heavy atom. The van der Waals surface area contributed by atoms with Crippen molar-refractivity contribution in [2.24, 2.45) is 0 Å². The SMILES string of the molecule is CCOc1cnn(CCOC(F)P)c1C(=O)Nc1ccc(Oc2ccnc3cc(OC)c(OC)cc23)cn1. The van der Waals surface area contributed by atoms with E-state index in [1.54, 1.807) is 57.7 Å². The van der Waals surface area contributed by atoms with Crippen molar-refractivity contribution in [3.8, 4) is 28.7 Å². The average molecular weight is 543 g/mol. The third-order valence-electron chi connectivity index (χ3n) is 5.31. The molecule has 11 nitrogen and oxygen atoms in total. The lowest BCUT2D eigenvalue weighted by molar-refractivity contribution is 0.0218. The van der Waals surface area contributed by atoms with E-state index in [4.69, 9.17) is 23.7 Å². The Balaban J connectivity index is 1.50. The molecule has 2 atom stereocenters. The maximum absolute atomic E-state index is 13.1. The number of amides is 1. The molecule has 38 heavy (non-hydrogen) atoms. The van der Waals surface area contributed by atoms with E-state index in [1.807, 2.05) is 9.24 Å². The molecule has 13 heteroatoms. The van der Waals surface area contributed by atoms with Gasteiger partial charge in [-0.3, -0.25) is 14.5 Å². The molecular weight excluding hydrogens is 516 g/mol. The van der Waals surface area contributed by atoms with Gasteiger partial charge < -0.3 is 29.0 Å². The van der Waals surface area contributed by atoms with Crippen LogP contribution in [0.3, 0.4) is 0 Å². The summed E-state index contributed by atoms with van der Waals surface area (Å²) in [7, 11) is 5.01. The molecule has 3 aromatic heterocycles. The molecule has 4 rings (SSSR count). The first-order valence-corrected chi connectivity index (χ1v) is 12.3. The van der Waals surface area contributed by atoms with Crippen molar-refractivity contribution < 1.29 is 32.9 Å². The molecule has 1 N–H and O–H groups in total. The summed E-state index contributed by atoms with van der Waals surface area (Å²) in [5.41, 5.74) is 0.841. The molecular formula is C25H27FN5O6P. The number of methoxy groups -OCH3 is 2. The molecule has 1 aromatic carbocycles. The fourth-order valence-electron chi connectivity index (χ4n) is 3.63. The molecule has 0 spiro atoms. The number of halogens is 1. The number of rotatable bonds is 12. The topological polar surface area (TPSA) is 119 Å². The number of pyridine rings is 2. The van der Waals surface area contributed by atoms with E-state index in [-0.39, 0.29) is 24.7 Å². The van der Waals surface area contributed by atoms with Gasteiger partial charge in [0.15, 0.2) is 22.9 Å². The van der Waals surface area contributed by atoms with Crippen LogP contribution in [0.4, 0.5) is 10.2 Å².